The topological polar surface area (TPSA) is 47.6 Å². The van der Waals surface area contributed by atoms with E-state index in [1.54, 1.807) is 0 Å². The first-order chi connectivity index (χ1) is 12.8. The molecule has 0 radical (unpaired) electrons. The largest absolute Gasteiger partial charge is 0.334 e. The molecule has 5 heteroatoms. The van der Waals surface area contributed by atoms with Crippen molar-refractivity contribution < 1.29 is 4.79 Å². The van der Waals surface area contributed by atoms with Crippen molar-refractivity contribution in [2.24, 2.45) is 0 Å². The van der Waals surface area contributed by atoms with Crippen LogP contribution < -0.4 is 10.6 Å². The average molecular weight is 363 g/mol. The Kier molecular flexibility index (Phi) is 6.36. The van der Waals surface area contributed by atoms with Crippen LogP contribution in [0, 0.1) is 0 Å². The van der Waals surface area contributed by atoms with Gasteiger partial charge in [-0.25, -0.2) is 4.79 Å². The Morgan fingerprint density at radius 2 is 0.962 bits per heavy atom. The highest BCUT2D eigenvalue weighted by Crippen LogP contribution is 2.28. The smallest absolute Gasteiger partial charge is 0.315 e. The van der Waals surface area contributed by atoms with Crippen molar-refractivity contribution in [3.63, 3.8) is 0 Å². The van der Waals surface area contributed by atoms with Gasteiger partial charge in [0.15, 0.2) is 0 Å². The highest BCUT2D eigenvalue weighted by Gasteiger charge is 2.35. The maximum Gasteiger partial charge on any atom is 0.315 e. The van der Waals surface area contributed by atoms with Gasteiger partial charge in [0, 0.05) is 24.2 Å². The lowest BCUT2D eigenvalue weighted by atomic mass is 9.88. The van der Waals surface area contributed by atoms with Crippen LogP contribution in [0.15, 0.2) is 0 Å². The normalized spacial score (nSPS) is 36.9. The van der Waals surface area contributed by atoms with Crippen molar-refractivity contribution in [3.05, 3.63) is 0 Å². The van der Waals surface area contributed by atoms with E-state index >= 15 is 0 Å². The number of urea groups is 1. The fourth-order valence-corrected chi connectivity index (χ4v) is 5.96. The molecule has 4 fully saturated rings. The zero-order chi connectivity index (χ0) is 17.8. The molecule has 4 atom stereocenters. The number of hydrogen-bond donors (Lipinski definition) is 2. The van der Waals surface area contributed by atoms with Crippen LogP contribution in [-0.4, -0.2) is 66.2 Å². The lowest BCUT2D eigenvalue weighted by molar-refractivity contribution is 0.136. The average Bonchev–Trinajstić information content (AvgIpc) is 3.37. The van der Waals surface area contributed by atoms with E-state index in [9.17, 15) is 4.79 Å². The van der Waals surface area contributed by atoms with Crippen molar-refractivity contribution >= 4 is 6.03 Å². The minimum Gasteiger partial charge on any atom is -0.334 e. The molecule has 2 N–H and O–H groups in total. The van der Waals surface area contributed by atoms with Crippen LogP contribution in [0.25, 0.3) is 0 Å². The molecule has 2 aliphatic heterocycles. The van der Waals surface area contributed by atoms with Crippen molar-refractivity contribution in [3.8, 4) is 0 Å². The third-order valence-electron chi connectivity index (χ3n) is 7.31. The quantitative estimate of drug-likeness (QED) is 0.808. The molecule has 2 saturated carbocycles. The summed E-state index contributed by atoms with van der Waals surface area (Å²) in [5, 5.41) is 6.79. The second-order valence-corrected chi connectivity index (χ2v) is 9.02. The standard InChI is InChI=1S/C21H38N4O/c26-21(22-17-9-1-3-11-19(17)24-13-5-6-14-24)23-18-10-2-4-12-20(18)25-15-7-8-16-25/h17-20H,1-16H2,(H2,22,23,26)/t17-,18-,19+,20+/m0/s1. The second-order valence-electron chi connectivity index (χ2n) is 9.02. The van der Waals surface area contributed by atoms with E-state index in [-0.39, 0.29) is 6.03 Å². The molecule has 0 unspecified atom stereocenters. The van der Waals surface area contributed by atoms with Gasteiger partial charge in [0.05, 0.1) is 0 Å². The van der Waals surface area contributed by atoms with Crippen molar-refractivity contribution in [2.45, 2.75) is 101 Å². The third-order valence-corrected chi connectivity index (χ3v) is 7.31. The fraction of sp³-hybridized carbons (Fsp3) is 0.952. The number of carbonyl (C=O) groups excluding carboxylic acids is 1. The van der Waals surface area contributed by atoms with Crippen LogP contribution in [-0.2, 0) is 0 Å². The first-order valence-electron chi connectivity index (χ1n) is 11.4. The van der Waals surface area contributed by atoms with Crippen LogP contribution in [0.4, 0.5) is 4.79 Å². The third kappa shape index (κ3) is 4.36. The Morgan fingerprint density at radius 3 is 1.38 bits per heavy atom. The summed E-state index contributed by atoms with van der Waals surface area (Å²) in [6.07, 6.45) is 15.3. The number of rotatable bonds is 4. The SMILES string of the molecule is O=C(N[C@H]1CCCC[C@H]1N1CCCC1)N[C@H]1CCCC[C@H]1N1CCCC1. The molecule has 0 aromatic carbocycles. The fourth-order valence-electron chi connectivity index (χ4n) is 5.96. The molecule has 148 valence electrons. The van der Waals surface area contributed by atoms with Gasteiger partial charge in [-0.05, 0) is 77.5 Å². The van der Waals surface area contributed by atoms with Gasteiger partial charge in [0.2, 0.25) is 0 Å². The summed E-state index contributed by atoms with van der Waals surface area (Å²) < 4.78 is 0. The van der Waals surface area contributed by atoms with Crippen LogP contribution in [0.3, 0.4) is 0 Å². The summed E-state index contributed by atoms with van der Waals surface area (Å²) in [5.74, 6) is 0. The summed E-state index contributed by atoms with van der Waals surface area (Å²) >= 11 is 0. The molecular formula is C21H38N4O. The second kappa shape index (κ2) is 8.92. The van der Waals surface area contributed by atoms with Crippen molar-refractivity contribution in [1.82, 2.24) is 20.4 Å². The monoisotopic (exact) mass is 362 g/mol. The molecule has 2 aliphatic carbocycles. The number of likely N-dealkylation sites (tertiary alicyclic amines) is 2. The van der Waals surface area contributed by atoms with Crippen LogP contribution in [0.1, 0.15) is 77.0 Å². The first kappa shape index (κ1) is 18.5. The summed E-state index contributed by atoms with van der Waals surface area (Å²) in [6.45, 7) is 4.91. The molecule has 26 heavy (non-hydrogen) atoms. The van der Waals surface area contributed by atoms with E-state index in [1.165, 1.54) is 90.4 Å². The van der Waals surface area contributed by atoms with Crippen LogP contribution in [0.5, 0.6) is 0 Å². The lowest BCUT2D eigenvalue weighted by Crippen LogP contribution is -2.59. The highest BCUT2D eigenvalue weighted by atomic mass is 16.2. The molecule has 2 heterocycles. The van der Waals surface area contributed by atoms with E-state index in [2.05, 4.69) is 20.4 Å². The zero-order valence-corrected chi connectivity index (χ0v) is 16.4. The highest BCUT2D eigenvalue weighted by molar-refractivity contribution is 5.74. The van der Waals surface area contributed by atoms with Crippen molar-refractivity contribution in [2.75, 3.05) is 26.2 Å². The summed E-state index contributed by atoms with van der Waals surface area (Å²) in [5.41, 5.74) is 0. The number of hydrogen-bond acceptors (Lipinski definition) is 3. The van der Waals surface area contributed by atoms with E-state index in [4.69, 9.17) is 0 Å². The lowest BCUT2D eigenvalue weighted by Gasteiger charge is -2.40. The zero-order valence-electron chi connectivity index (χ0n) is 16.4. The van der Waals surface area contributed by atoms with Crippen molar-refractivity contribution in [1.29, 1.82) is 0 Å². The van der Waals surface area contributed by atoms with E-state index in [0.29, 0.717) is 24.2 Å². The minimum absolute atomic E-state index is 0.0946. The van der Waals surface area contributed by atoms with Gasteiger partial charge in [-0.2, -0.15) is 0 Å². The maximum absolute atomic E-state index is 12.8. The molecule has 0 aromatic rings. The predicted octanol–water partition coefficient (Wildman–Crippen LogP) is 3.10. The Hall–Kier alpha value is -0.810. The molecule has 4 rings (SSSR count). The number of carbonyl (C=O) groups is 1. The molecule has 0 spiro atoms. The first-order valence-corrected chi connectivity index (χ1v) is 11.4. The van der Waals surface area contributed by atoms with Gasteiger partial charge in [-0.3, -0.25) is 9.80 Å². The number of nitrogens with zero attached hydrogens (tertiary/aromatic N) is 2. The Labute approximate surface area is 159 Å². The summed E-state index contributed by atoms with van der Waals surface area (Å²) in [4.78, 5) is 18.1. The van der Waals surface area contributed by atoms with Gasteiger partial charge in [-0.1, -0.05) is 25.7 Å². The van der Waals surface area contributed by atoms with Gasteiger partial charge in [0.25, 0.3) is 0 Å². The van der Waals surface area contributed by atoms with E-state index in [0.717, 1.165) is 12.8 Å². The van der Waals surface area contributed by atoms with Gasteiger partial charge >= 0.3 is 6.03 Å². The van der Waals surface area contributed by atoms with E-state index in [1.807, 2.05) is 0 Å². The molecule has 4 aliphatic rings. The maximum atomic E-state index is 12.8. The molecule has 2 saturated heterocycles. The van der Waals surface area contributed by atoms with Gasteiger partial charge < -0.3 is 10.6 Å². The molecule has 0 bridgehead atoms. The Balaban J connectivity index is 1.32. The Morgan fingerprint density at radius 1 is 0.577 bits per heavy atom. The summed E-state index contributed by atoms with van der Waals surface area (Å²) in [6, 6.07) is 1.92. The molecule has 0 aromatic heterocycles. The summed E-state index contributed by atoms with van der Waals surface area (Å²) in [7, 11) is 0. The minimum atomic E-state index is 0.0946. The van der Waals surface area contributed by atoms with Gasteiger partial charge in [0.1, 0.15) is 0 Å². The van der Waals surface area contributed by atoms with Gasteiger partial charge in [-0.15, -0.1) is 0 Å². The van der Waals surface area contributed by atoms with Crippen LogP contribution >= 0.6 is 0 Å². The molecular weight excluding hydrogens is 324 g/mol. The molecule has 2 amide bonds. The van der Waals surface area contributed by atoms with Crippen LogP contribution in [0.2, 0.25) is 0 Å². The predicted molar refractivity (Wildman–Crippen MR) is 105 cm³/mol. The number of nitrogens with one attached hydrogen (secondary N) is 2. The Bertz CT molecular complexity index is 419. The van der Waals surface area contributed by atoms with E-state index < -0.39 is 0 Å². The molecule has 5 nitrogen and oxygen atoms in total. The number of amides is 2.